The number of sulfone groups is 1. The maximum atomic E-state index is 11.9. The number of aromatic nitrogens is 1. The molecule has 7 heteroatoms. The Bertz CT molecular complexity index is 1430. The minimum atomic E-state index is -3.36. The van der Waals surface area contributed by atoms with Gasteiger partial charge in [0.25, 0.3) is 0 Å². The van der Waals surface area contributed by atoms with Crippen molar-refractivity contribution in [2.45, 2.75) is 11.8 Å². The minimum absolute atomic E-state index is 0.0920. The van der Waals surface area contributed by atoms with E-state index in [0.29, 0.717) is 22.6 Å². The Kier molecular flexibility index (Phi) is 5.20. The monoisotopic (exact) mass is 433 g/mol. The van der Waals surface area contributed by atoms with Crippen LogP contribution >= 0.6 is 0 Å². The summed E-state index contributed by atoms with van der Waals surface area (Å²) >= 11 is 0. The normalized spacial score (nSPS) is 11.4. The van der Waals surface area contributed by atoms with Gasteiger partial charge in [-0.1, -0.05) is 36.4 Å². The molecule has 0 spiro atoms. The molecule has 0 saturated heterocycles. The molecule has 3 aromatic carbocycles. The third kappa shape index (κ3) is 4.13. The van der Waals surface area contributed by atoms with Crippen molar-refractivity contribution in [1.29, 1.82) is 0 Å². The number of nitrogens with zero attached hydrogens (tertiary/aromatic N) is 1. The molecule has 1 heterocycles. The summed E-state index contributed by atoms with van der Waals surface area (Å²) in [6, 6.07) is 18.9. The van der Waals surface area contributed by atoms with Crippen molar-refractivity contribution in [2.75, 3.05) is 6.26 Å². The SMILES string of the molecule is Cc1cccc2c(-c3cccc(Oc4cccc(S(C)(=O)=O)c4)c3)c(C(=O)O)cnc12. The summed E-state index contributed by atoms with van der Waals surface area (Å²) in [5, 5.41) is 10.5. The molecule has 0 aliphatic carbocycles. The molecule has 156 valence electrons. The Morgan fingerprint density at radius 2 is 1.65 bits per heavy atom. The third-order valence-electron chi connectivity index (χ3n) is 4.92. The number of carbonyl (C=O) groups is 1. The molecule has 4 rings (SSSR count). The van der Waals surface area contributed by atoms with Gasteiger partial charge in [-0.2, -0.15) is 0 Å². The molecule has 0 amide bonds. The Hall–Kier alpha value is -3.71. The van der Waals surface area contributed by atoms with Gasteiger partial charge in [0, 0.05) is 23.4 Å². The molecule has 0 fully saturated rings. The van der Waals surface area contributed by atoms with Crippen LogP contribution in [0.15, 0.2) is 77.8 Å². The molecule has 0 saturated carbocycles. The number of hydrogen-bond donors (Lipinski definition) is 1. The molecule has 1 N–H and O–H groups in total. The summed E-state index contributed by atoms with van der Waals surface area (Å²) < 4.78 is 29.5. The predicted octanol–water partition coefficient (Wildman–Crippen LogP) is 5.10. The number of hydrogen-bond acceptors (Lipinski definition) is 5. The smallest absolute Gasteiger partial charge is 0.337 e. The van der Waals surface area contributed by atoms with Gasteiger partial charge in [0.1, 0.15) is 11.5 Å². The Morgan fingerprint density at radius 3 is 2.35 bits per heavy atom. The van der Waals surface area contributed by atoms with Gasteiger partial charge in [0.05, 0.1) is 16.0 Å². The summed E-state index contributed by atoms with van der Waals surface area (Å²) in [5.41, 5.74) is 2.98. The van der Waals surface area contributed by atoms with Gasteiger partial charge in [-0.3, -0.25) is 4.98 Å². The molecule has 0 bridgehead atoms. The number of pyridine rings is 1. The number of rotatable bonds is 5. The molecule has 0 atom stereocenters. The van der Waals surface area contributed by atoms with Crippen LogP contribution in [0.25, 0.3) is 22.0 Å². The number of para-hydroxylation sites is 1. The summed E-state index contributed by atoms with van der Waals surface area (Å²) in [6.45, 7) is 1.92. The van der Waals surface area contributed by atoms with Crippen molar-refractivity contribution in [3.8, 4) is 22.6 Å². The van der Waals surface area contributed by atoms with Crippen molar-refractivity contribution in [1.82, 2.24) is 4.98 Å². The number of benzene rings is 3. The molecule has 31 heavy (non-hydrogen) atoms. The van der Waals surface area contributed by atoms with Crippen molar-refractivity contribution in [3.05, 3.63) is 84.1 Å². The van der Waals surface area contributed by atoms with Crippen LogP contribution in [0.4, 0.5) is 0 Å². The molecule has 4 aromatic rings. The number of aromatic carboxylic acids is 1. The van der Waals surface area contributed by atoms with Crippen molar-refractivity contribution < 1.29 is 23.1 Å². The summed E-state index contributed by atoms with van der Waals surface area (Å²) in [7, 11) is -3.36. The second kappa shape index (κ2) is 7.85. The maximum absolute atomic E-state index is 11.9. The van der Waals surface area contributed by atoms with Gasteiger partial charge in [-0.15, -0.1) is 0 Å². The summed E-state index contributed by atoms with van der Waals surface area (Å²) in [6.07, 6.45) is 2.51. The quantitative estimate of drug-likeness (QED) is 0.470. The number of ether oxygens (including phenoxy) is 1. The first-order chi connectivity index (χ1) is 14.7. The van der Waals surface area contributed by atoms with Gasteiger partial charge < -0.3 is 9.84 Å². The zero-order valence-electron chi connectivity index (χ0n) is 16.9. The van der Waals surface area contributed by atoms with E-state index in [4.69, 9.17) is 4.74 Å². The van der Waals surface area contributed by atoms with Gasteiger partial charge in [0.2, 0.25) is 0 Å². The fourth-order valence-corrected chi connectivity index (χ4v) is 4.12. The van der Waals surface area contributed by atoms with E-state index in [1.165, 1.54) is 18.3 Å². The van der Waals surface area contributed by atoms with Crippen LogP contribution in [0.2, 0.25) is 0 Å². The zero-order valence-corrected chi connectivity index (χ0v) is 17.7. The van der Waals surface area contributed by atoms with E-state index in [9.17, 15) is 18.3 Å². The lowest BCUT2D eigenvalue weighted by atomic mass is 9.95. The summed E-state index contributed by atoms with van der Waals surface area (Å²) in [4.78, 5) is 16.4. The Morgan fingerprint density at radius 1 is 0.968 bits per heavy atom. The topological polar surface area (TPSA) is 93.6 Å². The molecule has 0 unspecified atom stereocenters. The first kappa shape index (κ1) is 20.6. The first-order valence-corrected chi connectivity index (χ1v) is 11.3. The largest absolute Gasteiger partial charge is 0.478 e. The third-order valence-corrected chi connectivity index (χ3v) is 6.03. The van der Waals surface area contributed by atoms with Crippen LogP contribution < -0.4 is 4.74 Å². The average Bonchev–Trinajstić information content (AvgIpc) is 2.73. The molecule has 0 aliphatic rings. The highest BCUT2D eigenvalue weighted by atomic mass is 32.2. The van der Waals surface area contributed by atoms with E-state index in [1.54, 1.807) is 30.3 Å². The van der Waals surface area contributed by atoms with E-state index >= 15 is 0 Å². The van der Waals surface area contributed by atoms with Crippen LogP contribution in [-0.2, 0) is 9.84 Å². The average molecular weight is 433 g/mol. The molecule has 0 aliphatic heterocycles. The molecule has 6 nitrogen and oxygen atoms in total. The van der Waals surface area contributed by atoms with Crippen LogP contribution in [0.3, 0.4) is 0 Å². The predicted molar refractivity (Wildman–Crippen MR) is 119 cm³/mol. The van der Waals surface area contributed by atoms with Gasteiger partial charge in [-0.25, -0.2) is 13.2 Å². The van der Waals surface area contributed by atoms with Crippen LogP contribution in [0.1, 0.15) is 15.9 Å². The standard InChI is InChI=1S/C24H19NO5S/c1-15-6-3-11-20-22(21(24(26)27)14-25-23(15)20)16-7-4-8-17(12-16)30-18-9-5-10-19(13-18)31(2,28)29/h3-14H,1-2H3,(H,26,27). The highest BCUT2D eigenvalue weighted by Gasteiger charge is 2.18. The van der Waals surface area contributed by atoms with E-state index in [2.05, 4.69) is 4.98 Å². The molecular weight excluding hydrogens is 414 g/mol. The number of aryl methyl sites for hydroxylation is 1. The second-order valence-electron chi connectivity index (χ2n) is 7.20. The zero-order chi connectivity index (χ0) is 22.2. The van der Waals surface area contributed by atoms with E-state index in [0.717, 1.165) is 22.7 Å². The fraction of sp³-hybridized carbons (Fsp3) is 0.0833. The van der Waals surface area contributed by atoms with Crippen LogP contribution in [-0.4, -0.2) is 30.7 Å². The highest BCUT2D eigenvalue weighted by Crippen LogP contribution is 2.35. The van der Waals surface area contributed by atoms with E-state index in [1.807, 2.05) is 31.2 Å². The lowest BCUT2D eigenvalue weighted by Gasteiger charge is -2.13. The van der Waals surface area contributed by atoms with Crippen LogP contribution in [0, 0.1) is 6.92 Å². The first-order valence-electron chi connectivity index (χ1n) is 9.44. The molecular formula is C24H19NO5S. The van der Waals surface area contributed by atoms with Gasteiger partial charge >= 0.3 is 5.97 Å². The minimum Gasteiger partial charge on any atom is -0.478 e. The number of carboxylic acids is 1. The van der Waals surface area contributed by atoms with E-state index < -0.39 is 15.8 Å². The lowest BCUT2D eigenvalue weighted by molar-refractivity contribution is 0.0697. The van der Waals surface area contributed by atoms with E-state index in [-0.39, 0.29) is 10.5 Å². The maximum Gasteiger partial charge on any atom is 0.337 e. The fourth-order valence-electron chi connectivity index (χ4n) is 3.46. The summed E-state index contributed by atoms with van der Waals surface area (Å²) in [5.74, 6) is -0.246. The van der Waals surface area contributed by atoms with Gasteiger partial charge in [-0.05, 0) is 48.4 Å². The van der Waals surface area contributed by atoms with Crippen molar-refractivity contribution in [2.24, 2.45) is 0 Å². The van der Waals surface area contributed by atoms with Crippen molar-refractivity contribution in [3.63, 3.8) is 0 Å². The highest BCUT2D eigenvalue weighted by molar-refractivity contribution is 7.90. The van der Waals surface area contributed by atoms with Gasteiger partial charge in [0.15, 0.2) is 9.84 Å². The number of carboxylic acid groups (broad SMARTS) is 1. The molecule has 0 radical (unpaired) electrons. The second-order valence-corrected chi connectivity index (χ2v) is 9.22. The lowest BCUT2D eigenvalue weighted by Crippen LogP contribution is -2.02. The number of fused-ring (bicyclic) bond motifs is 1. The molecule has 1 aromatic heterocycles. The van der Waals surface area contributed by atoms with Crippen LogP contribution in [0.5, 0.6) is 11.5 Å². The Balaban J connectivity index is 1.83. The van der Waals surface area contributed by atoms with Crippen molar-refractivity contribution >= 4 is 26.7 Å². The Labute approximate surface area is 179 Å².